The second-order valence-corrected chi connectivity index (χ2v) is 8.73. The van der Waals surface area contributed by atoms with Crippen LogP contribution >= 0.6 is 0 Å². The first-order chi connectivity index (χ1) is 13.6. The number of carbonyl (C=O) groups excluding carboxylic acids is 1. The first-order valence-electron chi connectivity index (χ1n) is 11.5. The second kappa shape index (κ2) is 11.4. The minimum Gasteiger partial charge on any atom is -0.358 e. The molecule has 3 rings (SSSR count). The monoisotopic (exact) mass is 383 g/mol. The molecule has 0 aromatic carbocycles. The SMILES string of the molecule is CC1C=CC=CN1C(C=O)(C1C=CCCC1)C1C=CCCC1.CCC(C)CC. The minimum atomic E-state index is -0.436. The molecule has 0 saturated carbocycles. The van der Waals surface area contributed by atoms with Crippen LogP contribution in [0.1, 0.15) is 79.1 Å². The van der Waals surface area contributed by atoms with Gasteiger partial charge in [0.1, 0.15) is 11.8 Å². The largest absolute Gasteiger partial charge is 0.358 e. The van der Waals surface area contributed by atoms with Gasteiger partial charge >= 0.3 is 0 Å². The molecule has 3 atom stereocenters. The zero-order valence-corrected chi connectivity index (χ0v) is 18.5. The molecule has 3 aliphatic rings. The van der Waals surface area contributed by atoms with Crippen LogP contribution in [0.3, 0.4) is 0 Å². The molecule has 0 radical (unpaired) electrons. The standard InChI is InChI=1S/C20H27NO.C6H14/c1-17-10-8-9-15-21(17)20(16-22,18-11-4-2-5-12-18)19-13-6-3-7-14-19;1-4-6(3)5-2/h4,6,8-11,13,15-19H,2-3,5,7,12,14H2,1H3;6H,4-5H2,1-3H3. The van der Waals surface area contributed by atoms with Crippen molar-refractivity contribution < 1.29 is 4.79 Å². The van der Waals surface area contributed by atoms with Crippen molar-refractivity contribution >= 4 is 6.29 Å². The third-order valence-corrected chi connectivity index (χ3v) is 6.91. The average Bonchev–Trinajstić information content (AvgIpc) is 2.77. The fourth-order valence-corrected chi connectivity index (χ4v) is 4.66. The van der Waals surface area contributed by atoms with E-state index in [0.717, 1.165) is 31.6 Å². The summed E-state index contributed by atoms with van der Waals surface area (Å²) in [5.74, 6) is 1.56. The van der Waals surface area contributed by atoms with Crippen molar-refractivity contribution in [2.24, 2.45) is 17.8 Å². The Kier molecular flexibility index (Phi) is 9.28. The summed E-state index contributed by atoms with van der Waals surface area (Å²) in [6, 6.07) is 0.265. The molecule has 0 saturated heterocycles. The summed E-state index contributed by atoms with van der Waals surface area (Å²) in [4.78, 5) is 14.8. The molecule has 0 bridgehead atoms. The Labute approximate surface area is 173 Å². The van der Waals surface area contributed by atoms with Gasteiger partial charge in [0.25, 0.3) is 0 Å². The highest BCUT2D eigenvalue weighted by molar-refractivity contribution is 5.68. The van der Waals surface area contributed by atoms with Crippen molar-refractivity contribution in [1.82, 2.24) is 4.90 Å². The molecular formula is C26H41NO. The summed E-state index contributed by atoms with van der Waals surface area (Å²) in [7, 11) is 0. The smallest absolute Gasteiger partial charge is 0.146 e. The predicted octanol–water partition coefficient (Wildman–Crippen LogP) is 6.85. The van der Waals surface area contributed by atoms with Crippen LogP contribution in [0.15, 0.2) is 48.7 Å². The molecule has 28 heavy (non-hydrogen) atoms. The van der Waals surface area contributed by atoms with Crippen LogP contribution in [0.2, 0.25) is 0 Å². The van der Waals surface area contributed by atoms with Crippen molar-refractivity contribution in [3.05, 3.63) is 48.7 Å². The van der Waals surface area contributed by atoms with Crippen molar-refractivity contribution in [3.8, 4) is 0 Å². The van der Waals surface area contributed by atoms with E-state index in [9.17, 15) is 4.79 Å². The Morgan fingerprint density at radius 1 is 1.00 bits per heavy atom. The number of carbonyl (C=O) groups is 1. The third kappa shape index (κ3) is 5.27. The summed E-state index contributed by atoms with van der Waals surface area (Å²) < 4.78 is 0. The first kappa shape index (κ1) is 22.7. The highest BCUT2D eigenvalue weighted by Crippen LogP contribution is 2.43. The molecule has 0 spiro atoms. The second-order valence-electron chi connectivity index (χ2n) is 8.73. The van der Waals surface area contributed by atoms with E-state index in [1.54, 1.807) is 0 Å². The Morgan fingerprint density at radius 2 is 1.57 bits per heavy atom. The summed E-state index contributed by atoms with van der Waals surface area (Å²) in [6.45, 7) is 8.93. The lowest BCUT2D eigenvalue weighted by Gasteiger charge is -2.52. The fraction of sp³-hybridized carbons (Fsp3) is 0.654. The third-order valence-electron chi connectivity index (χ3n) is 6.91. The van der Waals surface area contributed by atoms with E-state index in [2.05, 4.69) is 81.3 Å². The lowest BCUT2D eigenvalue weighted by molar-refractivity contribution is -0.123. The molecule has 0 N–H and O–H groups in total. The van der Waals surface area contributed by atoms with Crippen LogP contribution in [0.4, 0.5) is 0 Å². The van der Waals surface area contributed by atoms with Gasteiger partial charge in [-0.3, -0.25) is 0 Å². The molecule has 3 unspecified atom stereocenters. The topological polar surface area (TPSA) is 20.3 Å². The quantitative estimate of drug-likeness (QED) is 0.369. The van der Waals surface area contributed by atoms with Gasteiger partial charge in [0, 0.05) is 24.1 Å². The number of rotatable bonds is 6. The number of hydrogen-bond donors (Lipinski definition) is 0. The molecular weight excluding hydrogens is 342 g/mol. The van der Waals surface area contributed by atoms with Crippen LogP contribution in [-0.4, -0.2) is 22.8 Å². The van der Waals surface area contributed by atoms with Crippen LogP contribution in [-0.2, 0) is 4.79 Å². The van der Waals surface area contributed by atoms with E-state index in [1.165, 1.54) is 32.0 Å². The maximum Gasteiger partial charge on any atom is 0.146 e. The molecule has 2 heteroatoms. The van der Waals surface area contributed by atoms with E-state index in [-0.39, 0.29) is 6.04 Å². The summed E-state index contributed by atoms with van der Waals surface area (Å²) >= 11 is 0. The van der Waals surface area contributed by atoms with Gasteiger partial charge in [-0.1, -0.05) is 70.1 Å². The minimum absolute atomic E-state index is 0.265. The normalized spacial score (nSPS) is 28.6. The zero-order chi connectivity index (χ0) is 20.4. The molecule has 156 valence electrons. The van der Waals surface area contributed by atoms with Crippen molar-refractivity contribution in [1.29, 1.82) is 0 Å². The number of allylic oxidation sites excluding steroid dienone is 4. The number of nitrogens with zero attached hydrogens (tertiary/aromatic N) is 1. The van der Waals surface area contributed by atoms with Crippen LogP contribution < -0.4 is 0 Å². The van der Waals surface area contributed by atoms with E-state index >= 15 is 0 Å². The van der Waals surface area contributed by atoms with Crippen molar-refractivity contribution in [2.45, 2.75) is 90.6 Å². The van der Waals surface area contributed by atoms with Gasteiger partial charge in [0.05, 0.1) is 0 Å². The maximum atomic E-state index is 12.5. The average molecular weight is 384 g/mol. The van der Waals surface area contributed by atoms with Crippen LogP contribution in [0, 0.1) is 17.8 Å². The Morgan fingerprint density at radius 3 is 1.93 bits per heavy atom. The fourth-order valence-electron chi connectivity index (χ4n) is 4.66. The zero-order valence-electron chi connectivity index (χ0n) is 18.5. The molecule has 2 aliphatic carbocycles. The molecule has 0 aromatic heterocycles. The summed E-state index contributed by atoms with van der Waals surface area (Å²) in [5, 5.41) is 0. The van der Waals surface area contributed by atoms with E-state index in [4.69, 9.17) is 0 Å². The molecule has 1 heterocycles. The Balaban J connectivity index is 0.000000409. The van der Waals surface area contributed by atoms with Gasteiger partial charge < -0.3 is 9.69 Å². The van der Waals surface area contributed by atoms with Crippen molar-refractivity contribution in [3.63, 3.8) is 0 Å². The van der Waals surface area contributed by atoms with E-state index < -0.39 is 5.54 Å². The molecule has 0 aromatic rings. The van der Waals surface area contributed by atoms with Gasteiger partial charge in [0.2, 0.25) is 0 Å². The summed E-state index contributed by atoms with van der Waals surface area (Å²) in [6.07, 6.45) is 28.4. The maximum absolute atomic E-state index is 12.5. The molecule has 0 amide bonds. The van der Waals surface area contributed by atoms with E-state index in [1.807, 2.05) is 0 Å². The Hall–Kier alpha value is -1.57. The molecule has 1 aliphatic heterocycles. The van der Waals surface area contributed by atoms with Crippen molar-refractivity contribution in [2.75, 3.05) is 0 Å². The van der Waals surface area contributed by atoms with Gasteiger partial charge in [-0.25, -0.2) is 0 Å². The van der Waals surface area contributed by atoms with Crippen LogP contribution in [0.25, 0.3) is 0 Å². The molecule has 2 nitrogen and oxygen atoms in total. The van der Waals surface area contributed by atoms with Gasteiger partial charge in [-0.15, -0.1) is 0 Å². The number of hydrogen-bond acceptors (Lipinski definition) is 2. The summed E-state index contributed by atoms with van der Waals surface area (Å²) in [5.41, 5.74) is -0.436. The Bertz CT molecular complexity index is 557. The first-order valence-corrected chi connectivity index (χ1v) is 11.5. The van der Waals surface area contributed by atoms with Crippen LogP contribution in [0.5, 0.6) is 0 Å². The van der Waals surface area contributed by atoms with E-state index in [0.29, 0.717) is 11.8 Å². The lowest BCUT2D eigenvalue weighted by Crippen LogP contribution is -2.60. The van der Waals surface area contributed by atoms with Gasteiger partial charge in [-0.05, 0) is 57.4 Å². The highest BCUT2D eigenvalue weighted by atomic mass is 16.1. The lowest BCUT2D eigenvalue weighted by atomic mass is 9.67. The predicted molar refractivity (Wildman–Crippen MR) is 121 cm³/mol. The highest BCUT2D eigenvalue weighted by Gasteiger charge is 2.48. The number of aldehydes is 1. The van der Waals surface area contributed by atoms with Gasteiger partial charge in [0.15, 0.2) is 0 Å². The molecule has 0 fully saturated rings. The van der Waals surface area contributed by atoms with Gasteiger partial charge in [-0.2, -0.15) is 0 Å².